The number of aromatic nitrogens is 2. The van der Waals surface area contributed by atoms with Crippen molar-refractivity contribution < 1.29 is 27.0 Å². The molecular formula is C28H34FN5O5S. The average molecular weight is 572 g/mol. The molecule has 3 aromatic rings. The highest BCUT2D eigenvalue weighted by Gasteiger charge is 2.25. The molecule has 2 saturated heterocycles. The Morgan fingerprint density at radius 3 is 2.52 bits per heavy atom. The van der Waals surface area contributed by atoms with Gasteiger partial charge in [0, 0.05) is 44.5 Å². The van der Waals surface area contributed by atoms with Gasteiger partial charge in [0.1, 0.15) is 5.82 Å². The van der Waals surface area contributed by atoms with E-state index in [1.54, 1.807) is 12.3 Å². The maximum atomic E-state index is 15.2. The van der Waals surface area contributed by atoms with Gasteiger partial charge in [0.05, 0.1) is 55.8 Å². The lowest BCUT2D eigenvalue weighted by Gasteiger charge is -2.35. The van der Waals surface area contributed by atoms with Gasteiger partial charge in [-0.3, -0.25) is 14.6 Å². The summed E-state index contributed by atoms with van der Waals surface area (Å²) < 4.78 is 61.1. The van der Waals surface area contributed by atoms with E-state index in [0.717, 1.165) is 18.7 Å². The molecule has 0 unspecified atom stereocenters. The number of sulfonamides is 1. The van der Waals surface area contributed by atoms with Crippen LogP contribution in [0.5, 0.6) is 5.88 Å². The first-order valence-corrected chi connectivity index (χ1v) is 14.7. The minimum atomic E-state index is -4.09. The van der Waals surface area contributed by atoms with Crippen LogP contribution < -0.4 is 14.4 Å². The van der Waals surface area contributed by atoms with Gasteiger partial charge in [-0.15, -0.1) is 0 Å². The quantitative estimate of drug-likeness (QED) is 0.435. The Hall–Kier alpha value is -3.32. The molecule has 4 heterocycles. The van der Waals surface area contributed by atoms with Crippen molar-refractivity contribution in [3.8, 4) is 17.1 Å². The standard InChI is InChI=1S/C28H34FN5O5S/c1-19-16-33(17-20(2)39-19)18-21-4-5-24(25(29)12-21)26-13-22(6-7-30-26)32-40(35,36)27-14-23(15-31-28(27)37-3)34-8-10-38-11-9-34/h4-7,12-15,19-20H,8-11,16-18H2,1-3H3,(H,30,32)/t19-,20+. The van der Waals surface area contributed by atoms with Gasteiger partial charge in [0.15, 0.2) is 4.90 Å². The van der Waals surface area contributed by atoms with Gasteiger partial charge in [-0.1, -0.05) is 6.07 Å². The molecule has 40 heavy (non-hydrogen) atoms. The minimum absolute atomic E-state index is 0.0236. The highest BCUT2D eigenvalue weighted by atomic mass is 32.2. The molecule has 0 radical (unpaired) electrons. The Morgan fingerprint density at radius 1 is 1.07 bits per heavy atom. The molecule has 0 aliphatic carbocycles. The van der Waals surface area contributed by atoms with Gasteiger partial charge in [-0.05, 0) is 49.7 Å². The Bertz CT molecular complexity index is 1440. The van der Waals surface area contributed by atoms with E-state index >= 15 is 4.39 Å². The third-order valence-electron chi connectivity index (χ3n) is 6.89. The monoisotopic (exact) mass is 571 g/mol. The molecule has 0 saturated carbocycles. The van der Waals surface area contributed by atoms with Crippen LogP contribution in [-0.4, -0.2) is 82.0 Å². The van der Waals surface area contributed by atoms with E-state index in [0.29, 0.717) is 44.2 Å². The summed E-state index contributed by atoms with van der Waals surface area (Å²) in [5.41, 5.74) is 2.33. The van der Waals surface area contributed by atoms with Crippen LogP contribution in [0.2, 0.25) is 0 Å². The smallest absolute Gasteiger partial charge is 0.267 e. The Balaban J connectivity index is 1.35. The van der Waals surface area contributed by atoms with E-state index in [2.05, 4.69) is 19.6 Å². The first-order valence-electron chi connectivity index (χ1n) is 13.2. The number of halogens is 1. The highest BCUT2D eigenvalue weighted by molar-refractivity contribution is 7.92. The summed E-state index contributed by atoms with van der Waals surface area (Å²) in [4.78, 5) is 12.7. The van der Waals surface area contributed by atoms with E-state index in [-0.39, 0.29) is 34.2 Å². The van der Waals surface area contributed by atoms with Gasteiger partial charge < -0.3 is 19.1 Å². The number of ether oxygens (including phenoxy) is 3. The fourth-order valence-electron chi connectivity index (χ4n) is 5.15. The van der Waals surface area contributed by atoms with Gasteiger partial charge in [-0.2, -0.15) is 0 Å². The van der Waals surface area contributed by atoms with Crippen molar-refractivity contribution in [2.75, 3.05) is 56.1 Å². The largest absolute Gasteiger partial charge is 0.480 e. The normalized spacial score (nSPS) is 20.4. The van der Waals surface area contributed by atoms with E-state index in [1.165, 1.54) is 37.6 Å². The summed E-state index contributed by atoms with van der Waals surface area (Å²) in [5, 5.41) is 0. The van der Waals surface area contributed by atoms with Crippen LogP contribution in [-0.2, 0) is 26.0 Å². The molecule has 1 aromatic carbocycles. The second kappa shape index (κ2) is 12.0. The van der Waals surface area contributed by atoms with Gasteiger partial charge in [-0.25, -0.2) is 17.8 Å². The summed E-state index contributed by atoms with van der Waals surface area (Å²) in [6.07, 6.45) is 3.28. The molecule has 214 valence electrons. The van der Waals surface area contributed by atoms with E-state index in [9.17, 15) is 8.42 Å². The number of morpholine rings is 2. The third kappa shape index (κ3) is 6.52. The number of hydrogen-bond donors (Lipinski definition) is 1. The fraction of sp³-hybridized carbons (Fsp3) is 0.429. The predicted octanol–water partition coefficient (Wildman–Crippen LogP) is 3.54. The molecule has 2 fully saturated rings. The van der Waals surface area contributed by atoms with Gasteiger partial charge in [0.25, 0.3) is 10.0 Å². The molecular weight excluding hydrogens is 537 g/mol. The van der Waals surface area contributed by atoms with Crippen LogP contribution in [0.25, 0.3) is 11.3 Å². The summed E-state index contributed by atoms with van der Waals surface area (Å²) in [6, 6.07) is 9.61. The van der Waals surface area contributed by atoms with Crippen LogP contribution in [0.15, 0.2) is 53.7 Å². The molecule has 10 nitrogen and oxygen atoms in total. The SMILES string of the molecule is COc1ncc(N2CCOCC2)cc1S(=O)(=O)Nc1ccnc(-c2ccc(CN3C[C@@H](C)O[C@@H](C)C3)cc2F)c1. The van der Waals surface area contributed by atoms with Crippen LogP contribution in [0.4, 0.5) is 15.8 Å². The second-order valence-corrected chi connectivity index (χ2v) is 11.8. The number of pyridine rings is 2. The Kier molecular flexibility index (Phi) is 8.50. The fourth-order valence-corrected chi connectivity index (χ4v) is 6.34. The van der Waals surface area contributed by atoms with E-state index in [4.69, 9.17) is 14.2 Å². The van der Waals surface area contributed by atoms with Crippen molar-refractivity contribution in [1.82, 2.24) is 14.9 Å². The van der Waals surface area contributed by atoms with Crippen LogP contribution in [0.3, 0.4) is 0 Å². The number of anilines is 2. The molecule has 5 rings (SSSR count). The van der Waals surface area contributed by atoms with Crippen molar-refractivity contribution >= 4 is 21.4 Å². The van der Waals surface area contributed by atoms with Crippen molar-refractivity contribution in [3.63, 3.8) is 0 Å². The molecule has 2 aromatic heterocycles. The van der Waals surface area contributed by atoms with E-state index < -0.39 is 15.8 Å². The summed E-state index contributed by atoms with van der Waals surface area (Å²) in [6.45, 7) is 8.61. The lowest BCUT2D eigenvalue weighted by atomic mass is 10.1. The number of nitrogens with zero attached hydrogens (tertiary/aromatic N) is 4. The van der Waals surface area contributed by atoms with Crippen molar-refractivity contribution in [2.45, 2.75) is 37.5 Å². The first-order chi connectivity index (χ1) is 19.2. The Morgan fingerprint density at radius 2 is 1.82 bits per heavy atom. The summed E-state index contributed by atoms with van der Waals surface area (Å²) in [7, 11) is -2.72. The molecule has 2 aliphatic heterocycles. The highest BCUT2D eigenvalue weighted by Crippen LogP contribution is 2.30. The number of benzene rings is 1. The second-order valence-electron chi connectivity index (χ2n) is 10.1. The zero-order valence-corrected chi connectivity index (χ0v) is 23.7. The molecule has 0 amide bonds. The third-order valence-corrected chi connectivity index (χ3v) is 8.26. The maximum absolute atomic E-state index is 15.2. The van der Waals surface area contributed by atoms with Crippen molar-refractivity contribution in [1.29, 1.82) is 0 Å². The average Bonchev–Trinajstić information content (AvgIpc) is 2.92. The van der Waals surface area contributed by atoms with Gasteiger partial charge >= 0.3 is 0 Å². The predicted molar refractivity (Wildman–Crippen MR) is 150 cm³/mol. The molecule has 2 atom stereocenters. The van der Waals surface area contributed by atoms with Crippen LogP contribution >= 0.6 is 0 Å². The molecule has 0 spiro atoms. The Labute approximate surface area is 234 Å². The van der Waals surface area contributed by atoms with Crippen LogP contribution in [0.1, 0.15) is 19.4 Å². The number of rotatable bonds is 8. The zero-order chi connectivity index (χ0) is 28.3. The maximum Gasteiger partial charge on any atom is 0.267 e. The first kappa shape index (κ1) is 28.2. The molecule has 1 N–H and O–H groups in total. The summed E-state index contributed by atoms with van der Waals surface area (Å²) in [5.74, 6) is -0.451. The zero-order valence-electron chi connectivity index (χ0n) is 22.8. The molecule has 2 aliphatic rings. The van der Waals surface area contributed by atoms with Gasteiger partial charge in [0.2, 0.25) is 5.88 Å². The number of methoxy groups -OCH3 is 1. The summed E-state index contributed by atoms with van der Waals surface area (Å²) >= 11 is 0. The van der Waals surface area contributed by atoms with Crippen molar-refractivity contribution in [2.24, 2.45) is 0 Å². The van der Waals surface area contributed by atoms with Crippen LogP contribution in [0, 0.1) is 5.82 Å². The molecule has 12 heteroatoms. The van der Waals surface area contributed by atoms with Crippen molar-refractivity contribution in [3.05, 3.63) is 60.2 Å². The topological polar surface area (TPSA) is 106 Å². The number of nitrogens with one attached hydrogen (secondary N) is 1. The molecule has 0 bridgehead atoms. The lowest BCUT2D eigenvalue weighted by Crippen LogP contribution is -2.44. The minimum Gasteiger partial charge on any atom is -0.480 e. The lowest BCUT2D eigenvalue weighted by molar-refractivity contribution is -0.0705. The number of hydrogen-bond acceptors (Lipinski definition) is 9. The van der Waals surface area contributed by atoms with E-state index in [1.807, 2.05) is 24.8 Å².